The van der Waals surface area contributed by atoms with Gasteiger partial charge in [-0.25, -0.2) is 4.79 Å². The Morgan fingerprint density at radius 3 is 2.72 bits per heavy atom. The van der Waals surface area contributed by atoms with Crippen LogP contribution in [-0.4, -0.2) is 28.3 Å². The minimum atomic E-state index is -0.507. The van der Waals surface area contributed by atoms with Gasteiger partial charge in [-0.1, -0.05) is 13.8 Å². The second kappa shape index (κ2) is 4.23. The van der Waals surface area contributed by atoms with E-state index in [1.807, 2.05) is 13.8 Å². The lowest BCUT2D eigenvalue weighted by molar-refractivity contribution is 0.0909. The van der Waals surface area contributed by atoms with Gasteiger partial charge in [-0.3, -0.25) is 4.79 Å². The molecule has 0 aliphatic heterocycles. The highest BCUT2D eigenvalue weighted by Gasteiger charge is 2.36. The molecule has 1 aliphatic carbocycles. The summed E-state index contributed by atoms with van der Waals surface area (Å²) in [7, 11) is 0. The fourth-order valence-corrected chi connectivity index (χ4v) is 2.48. The molecule has 2 rings (SSSR count). The quantitative estimate of drug-likeness (QED) is 0.767. The van der Waals surface area contributed by atoms with Crippen molar-refractivity contribution in [1.29, 1.82) is 0 Å². The summed E-state index contributed by atoms with van der Waals surface area (Å²) in [4.78, 5) is 23.9. The lowest BCUT2D eigenvalue weighted by Crippen LogP contribution is -2.30. The van der Waals surface area contributed by atoms with Crippen LogP contribution in [0.5, 0.6) is 0 Å². The number of ether oxygens (including phenoxy) is 1. The zero-order valence-electron chi connectivity index (χ0n) is 11.2. The van der Waals surface area contributed by atoms with Crippen molar-refractivity contribution in [2.45, 2.75) is 40.5 Å². The molecule has 0 aromatic carbocycles. The number of carbonyl (C=O) groups excluding carboxylic acids is 2. The first-order chi connectivity index (χ1) is 8.35. The fourth-order valence-electron chi connectivity index (χ4n) is 2.48. The van der Waals surface area contributed by atoms with Gasteiger partial charge in [-0.2, -0.15) is 9.78 Å². The SMILES string of the molecule is CCOC(=O)n1nc(C)c2c1CC(C)(C)CC2=O. The average Bonchev–Trinajstić information content (AvgIpc) is 2.54. The maximum atomic E-state index is 12.1. The van der Waals surface area contributed by atoms with Crippen molar-refractivity contribution in [1.82, 2.24) is 9.78 Å². The van der Waals surface area contributed by atoms with Gasteiger partial charge in [-0.05, 0) is 25.7 Å². The zero-order valence-corrected chi connectivity index (χ0v) is 11.2. The standard InChI is InChI=1S/C13H18N2O3/c1-5-18-12(17)15-9-6-13(3,4)7-10(16)11(9)8(2)14-15/h5-7H2,1-4H3. The topological polar surface area (TPSA) is 61.2 Å². The molecule has 18 heavy (non-hydrogen) atoms. The number of aryl methyl sites for hydroxylation is 1. The minimum Gasteiger partial charge on any atom is -0.448 e. The van der Waals surface area contributed by atoms with E-state index < -0.39 is 6.09 Å². The van der Waals surface area contributed by atoms with Gasteiger partial charge in [-0.15, -0.1) is 0 Å². The first-order valence-corrected chi connectivity index (χ1v) is 6.14. The van der Waals surface area contributed by atoms with Crippen LogP contribution in [0.25, 0.3) is 0 Å². The number of hydrogen-bond acceptors (Lipinski definition) is 4. The second-order valence-corrected chi connectivity index (χ2v) is 5.46. The number of Topliss-reactive ketones (excluding diaryl/α,β-unsaturated/α-hetero) is 1. The molecule has 1 heterocycles. The van der Waals surface area contributed by atoms with Gasteiger partial charge in [0.05, 0.1) is 23.6 Å². The second-order valence-electron chi connectivity index (χ2n) is 5.46. The molecule has 0 radical (unpaired) electrons. The molecule has 98 valence electrons. The van der Waals surface area contributed by atoms with Crippen molar-refractivity contribution in [3.05, 3.63) is 17.0 Å². The summed E-state index contributed by atoms with van der Waals surface area (Å²) in [6, 6.07) is 0. The maximum Gasteiger partial charge on any atom is 0.434 e. The van der Waals surface area contributed by atoms with Gasteiger partial charge in [0.25, 0.3) is 0 Å². The maximum absolute atomic E-state index is 12.1. The minimum absolute atomic E-state index is 0.0642. The summed E-state index contributed by atoms with van der Waals surface area (Å²) in [5, 5.41) is 4.15. The molecule has 1 aromatic rings. The highest BCUT2D eigenvalue weighted by Crippen LogP contribution is 2.35. The summed E-state index contributed by atoms with van der Waals surface area (Å²) >= 11 is 0. The Kier molecular flexibility index (Phi) is 3.00. The van der Waals surface area contributed by atoms with E-state index in [1.165, 1.54) is 4.68 Å². The van der Waals surface area contributed by atoms with Crippen molar-refractivity contribution in [3.8, 4) is 0 Å². The van der Waals surface area contributed by atoms with E-state index in [4.69, 9.17) is 4.74 Å². The van der Waals surface area contributed by atoms with E-state index in [9.17, 15) is 9.59 Å². The summed E-state index contributed by atoms with van der Waals surface area (Å²) in [5.74, 6) is 0.0642. The Hall–Kier alpha value is -1.65. The van der Waals surface area contributed by atoms with Crippen LogP contribution in [0.3, 0.4) is 0 Å². The summed E-state index contributed by atoms with van der Waals surface area (Å²) < 4.78 is 6.20. The summed E-state index contributed by atoms with van der Waals surface area (Å²) in [6.07, 6.45) is 0.649. The van der Waals surface area contributed by atoms with Crippen molar-refractivity contribution >= 4 is 11.9 Å². The Morgan fingerprint density at radius 1 is 1.44 bits per heavy atom. The average molecular weight is 250 g/mol. The van der Waals surface area contributed by atoms with Crippen LogP contribution in [-0.2, 0) is 11.2 Å². The van der Waals surface area contributed by atoms with Gasteiger partial charge < -0.3 is 4.74 Å². The Morgan fingerprint density at radius 2 is 2.11 bits per heavy atom. The third-order valence-corrected chi connectivity index (χ3v) is 3.16. The first kappa shape index (κ1) is 12.8. The highest BCUT2D eigenvalue weighted by atomic mass is 16.5. The number of ketones is 1. The van der Waals surface area contributed by atoms with Gasteiger partial charge in [0.1, 0.15) is 0 Å². The number of carbonyl (C=O) groups is 2. The van der Waals surface area contributed by atoms with Gasteiger partial charge in [0, 0.05) is 6.42 Å². The molecular weight excluding hydrogens is 232 g/mol. The van der Waals surface area contributed by atoms with Crippen molar-refractivity contribution < 1.29 is 14.3 Å². The van der Waals surface area contributed by atoms with E-state index in [2.05, 4.69) is 5.10 Å². The summed E-state index contributed by atoms with van der Waals surface area (Å²) in [5.41, 5.74) is 1.76. The van der Waals surface area contributed by atoms with E-state index in [0.29, 0.717) is 36.4 Å². The molecule has 0 fully saturated rings. The van der Waals surface area contributed by atoms with E-state index in [0.717, 1.165) is 0 Å². The first-order valence-electron chi connectivity index (χ1n) is 6.14. The van der Waals surface area contributed by atoms with Crippen molar-refractivity contribution in [2.75, 3.05) is 6.61 Å². The molecule has 1 aliphatic rings. The van der Waals surface area contributed by atoms with Crippen molar-refractivity contribution in [3.63, 3.8) is 0 Å². The predicted molar refractivity (Wildman–Crippen MR) is 65.8 cm³/mol. The molecule has 0 unspecified atom stereocenters. The Balaban J connectivity index is 2.50. The number of fused-ring (bicyclic) bond motifs is 1. The van der Waals surface area contributed by atoms with Crippen LogP contribution < -0.4 is 0 Å². The zero-order chi connectivity index (χ0) is 13.5. The van der Waals surface area contributed by atoms with E-state index in [1.54, 1.807) is 13.8 Å². The molecule has 5 nitrogen and oxygen atoms in total. The van der Waals surface area contributed by atoms with Gasteiger partial charge >= 0.3 is 6.09 Å². The normalized spacial score (nSPS) is 17.4. The lowest BCUT2D eigenvalue weighted by Gasteiger charge is -2.28. The number of rotatable bonds is 1. The third kappa shape index (κ3) is 2.05. The molecule has 5 heteroatoms. The number of nitrogens with zero attached hydrogens (tertiary/aromatic N) is 2. The fraction of sp³-hybridized carbons (Fsp3) is 0.615. The van der Waals surface area contributed by atoms with E-state index >= 15 is 0 Å². The van der Waals surface area contributed by atoms with Crippen LogP contribution in [0.2, 0.25) is 0 Å². The van der Waals surface area contributed by atoms with Crippen LogP contribution >= 0.6 is 0 Å². The number of hydrogen-bond donors (Lipinski definition) is 0. The van der Waals surface area contributed by atoms with Crippen LogP contribution in [0.15, 0.2) is 0 Å². The van der Waals surface area contributed by atoms with Crippen LogP contribution in [0, 0.1) is 12.3 Å². The Bertz CT molecular complexity index is 515. The molecule has 0 atom stereocenters. The van der Waals surface area contributed by atoms with Crippen molar-refractivity contribution in [2.24, 2.45) is 5.41 Å². The molecular formula is C13H18N2O3. The number of aromatic nitrogens is 2. The molecule has 0 amide bonds. The van der Waals surface area contributed by atoms with E-state index in [-0.39, 0.29) is 11.2 Å². The molecule has 0 bridgehead atoms. The molecule has 0 spiro atoms. The molecule has 0 N–H and O–H groups in total. The van der Waals surface area contributed by atoms with Crippen LogP contribution in [0.1, 0.15) is 48.9 Å². The largest absolute Gasteiger partial charge is 0.448 e. The predicted octanol–water partition coefficient (Wildman–Crippen LogP) is 2.35. The monoisotopic (exact) mass is 250 g/mol. The molecule has 0 saturated heterocycles. The Labute approximate surface area is 106 Å². The molecule has 1 aromatic heterocycles. The van der Waals surface area contributed by atoms with Crippen LogP contribution in [0.4, 0.5) is 4.79 Å². The third-order valence-electron chi connectivity index (χ3n) is 3.16. The highest BCUT2D eigenvalue weighted by molar-refractivity contribution is 6.00. The summed E-state index contributed by atoms with van der Waals surface area (Å²) in [6.45, 7) is 7.84. The van der Waals surface area contributed by atoms with Gasteiger partial charge in [0.15, 0.2) is 5.78 Å². The van der Waals surface area contributed by atoms with Gasteiger partial charge in [0.2, 0.25) is 0 Å². The molecule has 0 saturated carbocycles. The smallest absolute Gasteiger partial charge is 0.434 e. The lowest BCUT2D eigenvalue weighted by atomic mass is 9.75.